The standard InChI is InChI=1S/C18H11F6N3O/c19-17(20,21)13-8-4-5-9-14(13)26-16(28)12-10-25-27(15(12)18(22,23)24)11-6-2-1-3-7-11/h1-10H,(H,26,28). The molecule has 0 aliphatic carbocycles. The Morgan fingerprint density at radius 2 is 1.46 bits per heavy atom. The van der Waals surface area contributed by atoms with E-state index in [1.165, 1.54) is 30.3 Å². The van der Waals surface area contributed by atoms with Crippen molar-refractivity contribution in [3.05, 3.63) is 77.6 Å². The SMILES string of the molecule is O=C(Nc1ccccc1C(F)(F)F)c1cnn(-c2ccccc2)c1C(F)(F)F. The van der Waals surface area contributed by atoms with E-state index < -0.39 is 40.8 Å². The summed E-state index contributed by atoms with van der Waals surface area (Å²) in [7, 11) is 0. The lowest BCUT2D eigenvalue weighted by Gasteiger charge is -2.15. The van der Waals surface area contributed by atoms with Gasteiger partial charge in [0.1, 0.15) is 0 Å². The Morgan fingerprint density at radius 3 is 2.07 bits per heavy atom. The van der Waals surface area contributed by atoms with Crippen LogP contribution in [0.5, 0.6) is 0 Å². The molecular weight excluding hydrogens is 388 g/mol. The number of carbonyl (C=O) groups is 1. The zero-order chi connectivity index (χ0) is 20.5. The zero-order valence-corrected chi connectivity index (χ0v) is 13.8. The largest absolute Gasteiger partial charge is 0.434 e. The van der Waals surface area contributed by atoms with Crippen LogP contribution in [-0.2, 0) is 12.4 Å². The van der Waals surface area contributed by atoms with Crippen molar-refractivity contribution >= 4 is 11.6 Å². The summed E-state index contributed by atoms with van der Waals surface area (Å²) in [4.78, 5) is 12.4. The van der Waals surface area contributed by atoms with Crippen LogP contribution in [0.15, 0.2) is 60.8 Å². The Labute approximate surface area is 154 Å². The van der Waals surface area contributed by atoms with Gasteiger partial charge >= 0.3 is 12.4 Å². The first kappa shape index (κ1) is 19.5. The summed E-state index contributed by atoms with van der Waals surface area (Å²) in [6, 6.07) is 11.2. The lowest BCUT2D eigenvalue weighted by Crippen LogP contribution is -2.22. The van der Waals surface area contributed by atoms with Crippen molar-refractivity contribution in [3.63, 3.8) is 0 Å². The highest BCUT2D eigenvalue weighted by Gasteiger charge is 2.41. The number of nitrogens with zero attached hydrogens (tertiary/aromatic N) is 2. The van der Waals surface area contributed by atoms with Crippen LogP contribution < -0.4 is 5.32 Å². The maximum atomic E-state index is 13.6. The summed E-state index contributed by atoms with van der Waals surface area (Å²) in [5.41, 5.74) is -4.06. The van der Waals surface area contributed by atoms with Crippen molar-refractivity contribution in [3.8, 4) is 5.69 Å². The molecule has 10 heteroatoms. The third-order valence-electron chi connectivity index (χ3n) is 3.76. The van der Waals surface area contributed by atoms with Gasteiger partial charge in [0.05, 0.1) is 28.7 Å². The lowest BCUT2D eigenvalue weighted by molar-refractivity contribution is -0.143. The van der Waals surface area contributed by atoms with Crippen molar-refractivity contribution < 1.29 is 31.1 Å². The number of hydrogen-bond acceptors (Lipinski definition) is 2. The molecule has 4 nitrogen and oxygen atoms in total. The number of aromatic nitrogens is 2. The third kappa shape index (κ3) is 3.85. The van der Waals surface area contributed by atoms with Gasteiger partial charge in [-0.25, -0.2) is 4.68 Å². The highest BCUT2D eigenvalue weighted by atomic mass is 19.4. The Bertz CT molecular complexity index is 993. The Balaban J connectivity index is 2.04. The number of halogens is 6. The van der Waals surface area contributed by atoms with Crippen LogP contribution >= 0.6 is 0 Å². The minimum absolute atomic E-state index is 0.0459. The van der Waals surface area contributed by atoms with Gasteiger partial charge in [0.15, 0.2) is 5.69 Å². The van der Waals surface area contributed by atoms with E-state index in [1.54, 1.807) is 6.07 Å². The third-order valence-corrected chi connectivity index (χ3v) is 3.76. The molecule has 0 bridgehead atoms. The molecule has 3 rings (SSSR count). The van der Waals surface area contributed by atoms with E-state index in [2.05, 4.69) is 5.10 Å². The molecule has 0 spiro atoms. The van der Waals surface area contributed by atoms with Crippen LogP contribution in [0.3, 0.4) is 0 Å². The van der Waals surface area contributed by atoms with Crippen molar-refractivity contribution in [2.45, 2.75) is 12.4 Å². The smallest absolute Gasteiger partial charge is 0.321 e. The fourth-order valence-electron chi connectivity index (χ4n) is 2.58. The molecule has 0 saturated carbocycles. The molecule has 1 aromatic heterocycles. The second-order valence-electron chi connectivity index (χ2n) is 5.65. The highest BCUT2D eigenvalue weighted by molar-refractivity contribution is 6.05. The molecule has 1 amide bonds. The average Bonchev–Trinajstić information content (AvgIpc) is 3.08. The summed E-state index contributed by atoms with van der Waals surface area (Å²) in [6.45, 7) is 0. The number of alkyl halides is 6. The van der Waals surface area contributed by atoms with Gasteiger partial charge in [-0.05, 0) is 24.3 Å². The summed E-state index contributed by atoms with van der Waals surface area (Å²) >= 11 is 0. The zero-order valence-electron chi connectivity index (χ0n) is 13.8. The summed E-state index contributed by atoms with van der Waals surface area (Å²) in [5, 5.41) is 5.50. The van der Waals surface area contributed by atoms with Crippen LogP contribution in [0.4, 0.5) is 32.0 Å². The quantitative estimate of drug-likeness (QED) is 0.619. The molecular formula is C18H11F6N3O. The fraction of sp³-hybridized carbons (Fsp3) is 0.111. The molecule has 0 aliphatic rings. The van der Waals surface area contributed by atoms with Crippen LogP contribution in [-0.4, -0.2) is 15.7 Å². The van der Waals surface area contributed by atoms with Gasteiger partial charge in [-0.15, -0.1) is 0 Å². The topological polar surface area (TPSA) is 46.9 Å². The average molecular weight is 399 g/mol. The predicted octanol–water partition coefficient (Wildman–Crippen LogP) is 5.16. The molecule has 146 valence electrons. The molecule has 0 saturated heterocycles. The molecule has 1 N–H and O–H groups in total. The van der Waals surface area contributed by atoms with E-state index in [9.17, 15) is 31.1 Å². The maximum absolute atomic E-state index is 13.6. The van der Waals surface area contributed by atoms with Crippen LogP contribution in [0.1, 0.15) is 21.6 Å². The summed E-state index contributed by atoms with van der Waals surface area (Å²) in [5.74, 6) is -1.36. The first-order valence-corrected chi connectivity index (χ1v) is 7.77. The molecule has 28 heavy (non-hydrogen) atoms. The van der Waals surface area contributed by atoms with Crippen molar-refractivity contribution in [1.82, 2.24) is 9.78 Å². The van der Waals surface area contributed by atoms with E-state index in [0.29, 0.717) is 16.9 Å². The minimum Gasteiger partial charge on any atom is -0.321 e. The molecule has 2 aromatic carbocycles. The van der Waals surface area contributed by atoms with E-state index in [-0.39, 0.29) is 5.69 Å². The number of para-hydroxylation sites is 2. The Hall–Kier alpha value is -3.30. The van der Waals surface area contributed by atoms with Gasteiger partial charge in [0.2, 0.25) is 0 Å². The number of carbonyl (C=O) groups excluding carboxylic acids is 1. The van der Waals surface area contributed by atoms with E-state index in [1.807, 2.05) is 5.32 Å². The van der Waals surface area contributed by atoms with Crippen LogP contribution in [0, 0.1) is 0 Å². The molecule has 3 aromatic rings. The number of amides is 1. The first-order chi connectivity index (χ1) is 13.1. The van der Waals surface area contributed by atoms with Gasteiger partial charge < -0.3 is 5.32 Å². The van der Waals surface area contributed by atoms with Crippen LogP contribution in [0.25, 0.3) is 5.69 Å². The van der Waals surface area contributed by atoms with Gasteiger partial charge in [0, 0.05) is 0 Å². The van der Waals surface area contributed by atoms with E-state index in [0.717, 1.165) is 12.1 Å². The molecule has 0 atom stereocenters. The van der Waals surface area contributed by atoms with Gasteiger partial charge in [-0.3, -0.25) is 4.79 Å². The van der Waals surface area contributed by atoms with Crippen LogP contribution in [0.2, 0.25) is 0 Å². The van der Waals surface area contributed by atoms with Gasteiger partial charge in [-0.1, -0.05) is 30.3 Å². The highest BCUT2D eigenvalue weighted by Crippen LogP contribution is 2.36. The van der Waals surface area contributed by atoms with E-state index >= 15 is 0 Å². The number of nitrogens with one attached hydrogen (secondary N) is 1. The molecule has 0 fully saturated rings. The van der Waals surface area contributed by atoms with Crippen molar-refractivity contribution in [1.29, 1.82) is 0 Å². The molecule has 0 unspecified atom stereocenters. The minimum atomic E-state index is -4.97. The predicted molar refractivity (Wildman–Crippen MR) is 88.0 cm³/mol. The molecule has 1 heterocycles. The van der Waals surface area contributed by atoms with Gasteiger partial charge in [0.25, 0.3) is 5.91 Å². The number of hydrogen-bond donors (Lipinski definition) is 1. The number of rotatable bonds is 3. The monoisotopic (exact) mass is 399 g/mol. The van der Waals surface area contributed by atoms with E-state index in [4.69, 9.17) is 0 Å². The molecule has 0 radical (unpaired) electrons. The molecule has 0 aliphatic heterocycles. The normalized spacial score (nSPS) is 12.1. The van der Waals surface area contributed by atoms with Crippen molar-refractivity contribution in [2.75, 3.05) is 5.32 Å². The second-order valence-corrected chi connectivity index (χ2v) is 5.65. The number of anilines is 1. The number of benzene rings is 2. The summed E-state index contributed by atoms with van der Waals surface area (Å²) in [6.07, 6.45) is -9.09. The Morgan fingerprint density at radius 1 is 0.857 bits per heavy atom. The first-order valence-electron chi connectivity index (χ1n) is 7.77. The Kier molecular flexibility index (Phi) is 4.88. The summed E-state index contributed by atoms with van der Waals surface area (Å²) < 4.78 is 80.4. The maximum Gasteiger partial charge on any atom is 0.434 e. The van der Waals surface area contributed by atoms with Crippen molar-refractivity contribution in [2.24, 2.45) is 0 Å². The fourth-order valence-corrected chi connectivity index (χ4v) is 2.58. The lowest BCUT2D eigenvalue weighted by atomic mass is 10.1. The van der Waals surface area contributed by atoms with Gasteiger partial charge in [-0.2, -0.15) is 31.4 Å². The second kappa shape index (κ2) is 7.02.